The third kappa shape index (κ3) is 3.61. The molecule has 0 spiro atoms. The van der Waals surface area contributed by atoms with Gasteiger partial charge in [0.05, 0.1) is 17.3 Å². The molecule has 0 aliphatic carbocycles. The van der Waals surface area contributed by atoms with Crippen molar-refractivity contribution in [3.63, 3.8) is 0 Å². The van der Waals surface area contributed by atoms with Crippen LogP contribution in [0.1, 0.15) is 12.5 Å². The molecule has 0 bridgehead atoms. The summed E-state index contributed by atoms with van der Waals surface area (Å²) in [5, 5.41) is 3.39. The second-order valence-electron chi connectivity index (χ2n) is 4.03. The standard InChI is InChI=1S/C15H15ClFNO/c1-2-19-15-6-4-3-5-14(15)18-10-11-7-8-13(17)12(16)9-11/h3-9,18H,2,10H2,1H3. The van der Waals surface area contributed by atoms with Crippen LogP contribution >= 0.6 is 11.6 Å². The summed E-state index contributed by atoms with van der Waals surface area (Å²) in [5.74, 6) is 0.401. The first kappa shape index (κ1) is 13.7. The highest BCUT2D eigenvalue weighted by Gasteiger charge is 2.04. The molecule has 0 radical (unpaired) electrons. The van der Waals surface area contributed by atoms with E-state index in [1.165, 1.54) is 6.07 Å². The predicted molar refractivity (Wildman–Crippen MR) is 76.3 cm³/mol. The van der Waals surface area contributed by atoms with Crippen LogP contribution in [0.5, 0.6) is 5.75 Å². The lowest BCUT2D eigenvalue weighted by Crippen LogP contribution is -2.02. The fourth-order valence-electron chi connectivity index (χ4n) is 1.74. The first-order valence-electron chi connectivity index (χ1n) is 6.10. The Labute approximate surface area is 117 Å². The molecule has 19 heavy (non-hydrogen) atoms. The number of anilines is 1. The largest absolute Gasteiger partial charge is 0.492 e. The quantitative estimate of drug-likeness (QED) is 0.871. The first-order chi connectivity index (χ1) is 9.20. The molecular formula is C15H15ClFNO. The lowest BCUT2D eigenvalue weighted by molar-refractivity contribution is 0.341. The van der Waals surface area contributed by atoms with Crippen LogP contribution in [0.25, 0.3) is 0 Å². The first-order valence-corrected chi connectivity index (χ1v) is 6.48. The second kappa shape index (κ2) is 6.43. The monoisotopic (exact) mass is 279 g/mol. The van der Waals surface area contributed by atoms with Crippen molar-refractivity contribution in [2.24, 2.45) is 0 Å². The molecule has 0 fully saturated rings. The number of rotatable bonds is 5. The SMILES string of the molecule is CCOc1ccccc1NCc1ccc(F)c(Cl)c1. The predicted octanol–water partition coefficient (Wildman–Crippen LogP) is 4.49. The average Bonchev–Trinajstić information content (AvgIpc) is 2.42. The minimum Gasteiger partial charge on any atom is -0.492 e. The fourth-order valence-corrected chi connectivity index (χ4v) is 1.94. The number of halogens is 2. The number of ether oxygens (including phenoxy) is 1. The Morgan fingerprint density at radius 2 is 2.00 bits per heavy atom. The molecule has 0 aliphatic heterocycles. The lowest BCUT2D eigenvalue weighted by atomic mass is 10.2. The van der Waals surface area contributed by atoms with Crippen LogP contribution < -0.4 is 10.1 Å². The molecule has 0 aliphatic rings. The number of benzene rings is 2. The van der Waals surface area contributed by atoms with E-state index in [2.05, 4.69) is 5.32 Å². The Bertz CT molecular complexity index is 560. The van der Waals surface area contributed by atoms with Crippen LogP contribution in [0.2, 0.25) is 5.02 Å². The van der Waals surface area contributed by atoms with Gasteiger partial charge in [0.1, 0.15) is 11.6 Å². The lowest BCUT2D eigenvalue weighted by Gasteiger charge is -2.12. The van der Waals surface area contributed by atoms with Crippen molar-refractivity contribution in [3.05, 3.63) is 58.9 Å². The van der Waals surface area contributed by atoms with Crippen molar-refractivity contribution in [1.29, 1.82) is 0 Å². The summed E-state index contributed by atoms with van der Waals surface area (Å²) in [6.07, 6.45) is 0. The molecule has 2 rings (SSSR count). The molecule has 1 N–H and O–H groups in total. The van der Waals surface area contributed by atoms with Crippen molar-refractivity contribution in [2.45, 2.75) is 13.5 Å². The summed E-state index contributed by atoms with van der Waals surface area (Å²) in [6.45, 7) is 3.11. The van der Waals surface area contributed by atoms with E-state index in [1.807, 2.05) is 31.2 Å². The Kier molecular flexibility index (Phi) is 4.63. The molecule has 0 saturated carbocycles. The van der Waals surface area contributed by atoms with E-state index in [0.717, 1.165) is 17.0 Å². The van der Waals surface area contributed by atoms with Crippen molar-refractivity contribution in [2.75, 3.05) is 11.9 Å². The zero-order valence-electron chi connectivity index (χ0n) is 10.6. The van der Waals surface area contributed by atoms with Gasteiger partial charge >= 0.3 is 0 Å². The second-order valence-corrected chi connectivity index (χ2v) is 4.44. The van der Waals surface area contributed by atoms with Gasteiger partial charge < -0.3 is 10.1 Å². The molecular weight excluding hydrogens is 265 g/mol. The highest BCUT2D eigenvalue weighted by Crippen LogP contribution is 2.24. The maximum absolute atomic E-state index is 13.1. The summed E-state index contributed by atoms with van der Waals surface area (Å²) >= 11 is 5.75. The normalized spacial score (nSPS) is 10.3. The number of para-hydroxylation sites is 2. The zero-order valence-corrected chi connectivity index (χ0v) is 11.4. The van der Waals surface area contributed by atoms with Crippen molar-refractivity contribution in [1.82, 2.24) is 0 Å². The van der Waals surface area contributed by atoms with E-state index in [1.54, 1.807) is 12.1 Å². The van der Waals surface area contributed by atoms with Crippen LogP contribution in [0.4, 0.5) is 10.1 Å². The van der Waals surface area contributed by atoms with Gasteiger partial charge in [-0.25, -0.2) is 4.39 Å². The van der Waals surface area contributed by atoms with E-state index in [9.17, 15) is 4.39 Å². The third-order valence-corrected chi connectivity index (χ3v) is 2.94. The van der Waals surface area contributed by atoms with Gasteiger partial charge in [-0.3, -0.25) is 0 Å². The van der Waals surface area contributed by atoms with E-state index >= 15 is 0 Å². The summed E-state index contributed by atoms with van der Waals surface area (Å²) in [7, 11) is 0. The molecule has 0 heterocycles. The van der Waals surface area contributed by atoms with Gasteiger partial charge in [0, 0.05) is 6.54 Å². The Morgan fingerprint density at radius 3 is 2.74 bits per heavy atom. The smallest absolute Gasteiger partial charge is 0.142 e. The van der Waals surface area contributed by atoms with E-state index in [0.29, 0.717) is 13.2 Å². The summed E-state index contributed by atoms with van der Waals surface area (Å²) < 4.78 is 18.6. The maximum atomic E-state index is 13.1. The molecule has 0 aromatic heterocycles. The minimum atomic E-state index is -0.403. The molecule has 100 valence electrons. The number of hydrogen-bond acceptors (Lipinski definition) is 2. The van der Waals surface area contributed by atoms with Gasteiger partial charge in [-0.05, 0) is 36.8 Å². The van der Waals surface area contributed by atoms with Crippen LogP contribution in [0, 0.1) is 5.82 Å². The van der Waals surface area contributed by atoms with Gasteiger partial charge in [-0.1, -0.05) is 29.8 Å². The van der Waals surface area contributed by atoms with Gasteiger partial charge in [-0.2, -0.15) is 0 Å². The molecule has 2 aromatic carbocycles. The van der Waals surface area contributed by atoms with Crippen LogP contribution in [-0.2, 0) is 6.54 Å². The van der Waals surface area contributed by atoms with Gasteiger partial charge in [0.15, 0.2) is 0 Å². The number of hydrogen-bond donors (Lipinski definition) is 1. The van der Waals surface area contributed by atoms with Crippen molar-refractivity contribution in [3.8, 4) is 5.75 Å². The molecule has 0 atom stereocenters. The van der Waals surface area contributed by atoms with Crippen LogP contribution in [0.15, 0.2) is 42.5 Å². The van der Waals surface area contributed by atoms with Gasteiger partial charge in [0.25, 0.3) is 0 Å². The highest BCUT2D eigenvalue weighted by molar-refractivity contribution is 6.30. The van der Waals surface area contributed by atoms with E-state index in [4.69, 9.17) is 16.3 Å². The molecule has 2 nitrogen and oxygen atoms in total. The average molecular weight is 280 g/mol. The fraction of sp³-hybridized carbons (Fsp3) is 0.200. The van der Waals surface area contributed by atoms with Gasteiger partial charge in [-0.15, -0.1) is 0 Å². The third-order valence-electron chi connectivity index (χ3n) is 2.65. The minimum absolute atomic E-state index is 0.136. The Hall–Kier alpha value is -1.74. The van der Waals surface area contributed by atoms with Crippen LogP contribution in [-0.4, -0.2) is 6.61 Å². The molecule has 0 unspecified atom stereocenters. The molecule has 0 amide bonds. The summed E-state index contributed by atoms with van der Waals surface area (Å²) in [6, 6.07) is 12.4. The topological polar surface area (TPSA) is 21.3 Å². The summed E-state index contributed by atoms with van der Waals surface area (Å²) in [4.78, 5) is 0. The number of nitrogens with one attached hydrogen (secondary N) is 1. The van der Waals surface area contributed by atoms with E-state index < -0.39 is 5.82 Å². The summed E-state index contributed by atoms with van der Waals surface area (Å²) in [5.41, 5.74) is 1.82. The zero-order chi connectivity index (χ0) is 13.7. The highest BCUT2D eigenvalue weighted by atomic mass is 35.5. The molecule has 2 aromatic rings. The van der Waals surface area contributed by atoms with Gasteiger partial charge in [0.2, 0.25) is 0 Å². The molecule has 4 heteroatoms. The molecule has 0 saturated heterocycles. The van der Waals surface area contributed by atoms with Crippen molar-refractivity contribution >= 4 is 17.3 Å². The Balaban J connectivity index is 2.07. The van der Waals surface area contributed by atoms with Crippen molar-refractivity contribution < 1.29 is 9.13 Å². The van der Waals surface area contributed by atoms with E-state index in [-0.39, 0.29) is 5.02 Å². The van der Waals surface area contributed by atoms with Crippen LogP contribution in [0.3, 0.4) is 0 Å². The maximum Gasteiger partial charge on any atom is 0.142 e. The Morgan fingerprint density at radius 1 is 1.21 bits per heavy atom.